The highest BCUT2D eigenvalue weighted by atomic mass is 32.3. The number of carbonyl (C=O) groups excluding carboxylic acids is 5. The number of esters is 4. The molecule has 1 unspecified atom stereocenters. The Hall–Kier alpha value is -3.17. The molecule has 0 aliphatic heterocycles. The molecule has 1 atom stereocenters. The zero-order chi connectivity index (χ0) is 31.0. The molecule has 14 nitrogen and oxygen atoms in total. The highest BCUT2D eigenvalue weighted by Crippen LogP contribution is 2.10. The minimum Gasteiger partial charge on any atom is -0.486 e. The molecule has 226 valence electrons. The Morgan fingerprint density at radius 1 is 0.641 bits per heavy atom. The van der Waals surface area contributed by atoms with Gasteiger partial charge >= 0.3 is 34.3 Å². The molecular formula is C24H41O14S+. The van der Waals surface area contributed by atoms with E-state index in [-0.39, 0.29) is 57.6 Å². The van der Waals surface area contributed by atoms with Crippen LogP contribution < -0.4 is 0 Å². The highest BCUT2D eigenvalue weighted by Gasteiger charge is 2.29. The van der Waals surface area contributed by atoms with Crippen molar-refractivity contribution < 1.29 is 64.4 Å². The van der Waals surface area contributed by atoms with Crippen LogP contribution in [0.5, 0.6) is 0 Å². The van der Waals surface area contributed by atoms with E-state index in [0.717, 1.165) is 0 Å². The van der Waals surface area contributed by atoms with Gasteiger partial charge in [0.2, 0.25) is 12.4 Å². The third-order valence-electron chi connectivity index (χ3n) is 3.66. The number of rotatable bonds is 15. The topological polar surface area (TPSA) is 184 Å². The molecule has 0 amide bonds. The van der Waals surface area contributed by atoms with Gasteiger partial charge in [-0.2, -0.15) is 8.42 Å². The number of Topliss-reactive ketones (excluding diaryl/α,β-unsaturated/α-hetero) is 1. The molecule has 0 fully saturated rings. The van der Waals surface area contributed by atoms with Gasteiger partial charge in [-0.25, -0.2) is 22.7 Å². The summed E-state index contributed by atoms with van der Waals surface area (Å²) in [6, 6.07) is 0. The average Bonchev–Trinajstić information content (AvgIpc) is 2.87. The summed E-state index contributed by atoms with van der Waals surface area (Å²) in [6.07, 6.45) is 0. The van der Waals surface area contributed by atoms with E-state index in [1.807, 2.05) is 0 Å². The Bertz CT molecular complexity index is 881. The second-order valence-electron chi connectivity index (χ2n) is 6.52. The van der Waals surface area contributed by atoms with Crippen LogP contribution in [0.15, 0.2) is 11.3 Å². The molecule has 0 aliphatic carbocycles. The number of hydrogen-bond acceptors (Lipinski definition) is 14. The maximum atomic E-state index is 11.5. The molecule has 39 heavy (non-hydrogen) atoms. The Labute approximate surface area is 230 Å². The fourth-order valence-corrected chi connectivity index (χ4v) is 2.68. The molecule has 15 heteroatoms. The summed E-state index contributed by atoms with van der Waals surface area (Å²) < 4.78 is 52.8. The van der Waals surface area contributed by atoms with Crippen molar-refractivity contribution in [3.05, 3.63) is 18.3 Å². The normalized spacial score (nSPS) is 11.6. The van der Waals surface area contributed by atoms with Crippen LogP contribution >= 0.6 is 0 Å². The molecular weight excluding hydrogens is 544 g/mol. The summed E-state index contributed by atoms with van der Waals surface area (Å²) in [5.41, 5.74) is 0.127. The molecule has 0 heterocycles. The number of ether oxygens (including phenoxy) is 5. The summed E-state index contributed by atoms with van der Waals surface area (Å²) in [5.74, 6) is -5.10. The maximum absolute atomic E-state index is 11.5. The Morgan fingerprint density at radius 2 is 1.08 bits per heavy atom. The fourth-order valence-electron chi connectivity index (χ4n) is 2.03. The monoisotopic (exact) mass is 585 g/mol. The Kier molecular flexibility index (Phi) is 24.7. The first kappa shape index (κ1) is 40.3. The molecule has 0 aromatic carbocycles. The SMILES string of the molecule is CCOC(=O)/C(C)=C(/OCC)C(=O)OCC.CCOS(=O)(=O)OCC.[CH2+]COC(=O)C(=O)C(C)C(=O)OCC. The second kappa shape index (κ2) is 23.9. The summed E-state index contributed by atoms with van der Waals surface area (Å²) in [5, 5.41) is 0. The van der Waals surface area contributed by atoms with E-state index >= 15 is 0 Å². The fraction of sp³-hybridized carbons (Fsp3) is 0.667. The van der Waals surface area contributed by atoms with Crippen LogP contribution in [-0.2, 0) is 66.4 Å². The van der Waals surface area contributed by atoms with E-state index in [9.17, 15) is 32.4 Å². The van der Waals surface area contributed by atoms with Crippen LogP contribution in [0.2, 0.25) is 0 Å². The minimum absolute atomic E-state index is 0.0807. The molecule has 0 N–H and O–H groups in total. The van der Waals surface area contributed by atoms with Crippen molar-refractivity contribution in [1.29, 1.82) is 0 Å². The average molecular weight is 586 g/mol. The van der Waals surface area contributed by atoms with Gasteiger partial charge in [0.05, 0.1) is 45.2 Å². The van der Waals surface area contributed by atoms with E-state index in [1.54, 1.807) is 41.5 Å². The van der Waals surface area contributed by atoms with Crippen molar-refractivity contribution in [3.8, 4) is 0 Å². The van der Waals surface area contributed by atoms with E-state index in [1.165, 1.54) is 13.8 Å². The zero-order valence-corrected chi connectivity index (χ0v) is 24.7. The predicted octanol–water partition coefficient (Wildman–Crippen LogP) is 1.86. The molecule has 0 aromatic heterocycles. The van der Waals surface area contributed by atoms with Gasteiger partial charge in [-0.3, -0.25) is 9.59 Å². The highest BCUT2D eigenvalue weighted by molar-refractivity contribution is 7.81. The summed E-state index contributed by atoms with van der Waals surface area (Å²) in [6.45, 7) is 16.9. The lowest BCUT2D eigenvalue weighted by Crippen LogP contribution is -2.30. The van der Waals surface area contributed by atoms with E-state index in [4.69, 9.17) is 14.2 Å². The standard InChI is InChI=1S/C11H18O5.C9H13O5.C4H10O4S/c1-5-14-9(11(13)16-7-3)8(4)10(12)15-6-2;1-4-13-8(11)6(3)7(10)9(12)14-5-2;1-3-7-9(5,6)8-4-2/h5-7H2,1-4H3;6H,2,4-5H2,1,3H3;3-4H2,1-2H3/q;+1;/b9-8+;;. The van der Waals surface area contributed by atoms with Crippen molar-refractivity contribution in [2.24, 2.45) is 5.92 Å². The van der Waals surface area contributed by atoms with Crippen LogP contribution in [0.4, 0.5) is 0 Å². The van der Waals surface area contributed by atoms with Crippen molar-refractivity contribution in [2.45, 2.75) is 55.4 Å². The van der Waals surface area contributed by atoms with Gasteiger partial charge < -0.3 is 23.7 Å². The van der Waals surface area contributed by atoms with Gasteiger partial charge in [0, 0.05) is 0 Å². The first-order valence-corrected chi connectivity index (χ1v) is 13.5. The third kappa shape index (κ3) is 19.5. The van der Waals surface area contributed by atoms with Crippen LogP contribution in [0.3, 0.4) is 0 Å². The van der Waals surface area contributed by atoms with Gasteiger partial charge in [-0.05, 0) is 55.4 Å². The van der Waals surface area contributed by atoms with E-state index in [0.29, 0.717) is 0 Å². The first-order valence-electron chi connectivity index (χ1n) is 12.1. The molecule has 0 aliphatic rings. The molecule has 0 rings (SSSR count). The lowest BCUT2D eigenvalue weighted by atomic mass is 10.1. The van der Waals surface area contributed by atoms with Crippen LogP contribution in [0.25, 0.3) is 0 Å². The first-order chi connectivity index (χ1) is 18.2. The van der Waals surface area contributed by atoms with Gasteiger partial charge in [-0.15, -0.1) is 0 Å². The quantitative estimate of drug-likeness (QED) is 0.0516. The molecule has 0 bridgehead atoms. The van der Waals surface area contributed by atoms with Crippen molar-refractivity contribution >= 4 is 40.1 Å². The van der Waals surface area contributed by atoms with Crippen molar-refractivity contribution in [1.82, 2.24) is 0 Å². The second-order valence-corrected chi connectivity index (χ2v) is 7.81. The number of ketones is 1. The number of carbonyl (C=O) groups is 5. The van der Waals surface area contributed by atoms with Gasteiger partial charge in [-0.1, -0.05) is 0 Å². The van der Waals surface area contributed by atoms with Crippen LogP contribution in [-0.4, -0.2) is 84.3 Å². The molecule has 0 radical (unpaired) electrons. The number of hydrogen-bond donors (Lipinski definition) is 0. The maximum Gasteiger partial charge on any atom is 0.399 e. The summed E-state index contributed by atoms with van der Waals surface area (Å²) >= 11 is 0. The van der Waals surface area contributed by atoms with Gasteiger partial charge in [0.15, 0.2) is 0 Å². The lowest BCUT2D eigenvalue weighted by molar-refractivity contribution is -0.161. The van der Waals surface area contributed by atoms with Crippen LogP contribution in [0.1, 0.15) is 55.4 Å². The largest absolute Gasteiger partial charge is 0.486 e. The van der Waals surface area contributed by atoms with E-state index in [2.05, 4.69) is 24.8 Å². The lowest BCUT2D eigenvalue weighted by Gasteiger charge is -2.10. The molecule has 0 saturated heterocycles. The molecule has 0 saturated carbocycles. The Morgan fingerprint density at radius 3 is 1.46 bits per heavy atom. The van der Waals surface area contributed by atoms with Crippen molar-refractivity contribution in [2.75, 3.05) is 46.2 Å². The van der Waals surface area contributed by atoms with Gasteiger partial charge in [0.25, 0.3) is 5.78 Å². The van der Waals surface area contributed by atoms with Gasteiger partial charge in [0.1, 0.15) is 12.8 Å². The zero-order valence-electron chi connectivity index (χ0n) is 23.9. The smallest absolute Gasteiger partial charge is 0.399 e. The predicted molar refractivity (Wildman–Crippen MR) is 137 cm³/mol. The minimum atomic E-state index is -3.68. The van der Waals surface area contributed by atoms with Crippen molar-refractivity contribution in [3.63, 3.8) is 0 Å². The molecule has 0 spiro atoms. The summed E-state index contributed by atoms with van der Waals surface area (Å²) in [7, 11) is -3.68. The van der Waals surface area contributed by atoms with E-state index < -0.39 is 46.0 Å². The molecule has 0 aromatic rings. The van der Waals surface area contributed by atoms with Crippen LogP contribution in [0, 0.1) is 12.8 Å². The third-order valence-corrected chi connectivity index (χ3v) is 4.71. The summed E-state index contributed by atoms with van der Waals surface area (Å²) in [4.78, 5) is 55.9. The Balaban J connectivity index is -0.000000518.